The molecule has 0 bridgehead atoms. The second kappa shape index (κ2) is 12.3. The Morgan fingerprint density at radius 3 is 2.53 bits per heavy atom. The van der Waals surface area contributed by atoms with Gasteiger partial charge in [-0.3, -0.25) is 0 Å². The van der Waals surface area contributed by atoms with Gasteiger partial charge in [0.05, 0.1) is 12.8 Å². The third kappa shape index (κ3) is 6.19. The number of allylic oxidation sites excluding steroid dienone is 13. The summed E-state index contributed by atoms with van der Waals surface area (Å²) in [6.07, 6.45) is 27.0. The van der Waals surface area contributed by atoms with Gasteiger partial charge in [0.15, 0.2) is 0 Å². The van der Waals surface area contributed by atoms with Crippen LogP contribution in [0.2, 0.25) is 0 Å². The number of hydrogen-bond donors (Lipinski definition) is 1. The summed E-state index contributed by atoms with van der Waals surface area (Å²) in [4.78, 5) is 20.7. The Kier molecular flexibility index (Phi) is 8.87. The molecule has 1 heterocycles. The number of aromatic amines is 1. The Balaban J connectivity index is 1.63. The third-order valence-corrected chi connectivity index (χ3v) is 7.45. The number of nitrogens with one attached hydrogen (secondary N) is 1. The van der Waals surface area contributed by atoms with Crippen molar-refractivity contribution in [3.63, 3.8) is 0 Å². The molecule has 0 aromatic carbocycles. The minimum absolute atomic E-state index is 0.323. The minimum Gasteiger partial charge on any atom is -0.381 e. The Labute approximate surface area is 216 Å². The Hall–Kier alpha value is -3.05. The van der Waals surface area contributed by atoms with Gasteiger partial charge in [-0.25, -0.2) is 4.98 Å². The quantitative estimate of drug-likeness (QED) is 0.209. The van der Waals surface area contributed by atoms with Gasteiger partial charge in [-0.2, -0.15) is 4.89 Å². The highest BCUT2D eigenvalue weighted by molar-refractivity contribution is 5.72. The number of imidazole rings is 1. The number of rotatable bonds is 10. The van der Waals surface area contributed by atoms with Gasteiger partial charge < -0.3 is 14.8 Å². The van der Waals surface area contributed by atoms with E-state index in [9.17, 15) is 0 Å². The van der Waals surface area contributed by atoms with E-state index in [1.54, 1.807) is 6.26 Å². The monoisotopic (exact) mass is 487 g/mol. The van der Waals surface area contributed by atoms with Crippen LogP contribution in [0.25, 0.3) is 11.1 Å². The van der Waals surface area contributed by atoms with Crippen molar-refractivity contribution in [2.24, 2.45) is 5.92 Å². The molecule has 192 valence electrons. The summed E-state index contributed by atoms with van der Waals surface area (Å²) in [5.41, 5.74) is 9.02. The maximum Gasteiger partial charge on any atom is 0.134 e. The molecule has 5 heteroatoms. The Bertz CT molecular complexity index is 1140. The molecule has 5 nitrogen and oxygen atoms in total. The third-order valence-electron chi connectivity index (χ3n) is 7.45. The van der Waals surface area contributed by atoms with Crippen LogP contribution in [0.1, 0.15) is 81.9 Å². The van der Waals surface area contributed by atoms with Crippen molar-refractivity contribution in [1.29, 1.82) is 0 Å². The number of aromatic nitrogens is 2. The van der Waals surface area contributed by atoms with Crippen molar-refractivity contribution >= 4 is 11.1 Å². The predicted octanol–water partition coefficient (Wildman–Crippen LogP) is 7.63. The molecule has 1 aromatic rings. The SMILES string of the molecule is CCCC(C)C1=CCC(c2[nH]c(C3=CC=C(/C=C/OOC)CC3)nc2C2=CC=C(N(C)C)CC2)C=C1. The van der Waals surface area contributed by atoms with Crippen LogP contribution in [-0.2, 0) is 9.78 Å². The summed E-state index contributed by atoms with van der Waals surface area (Å²) in [5, 5.41) is 0. The lowest BCUT2D eigenvalue weighted by Gasteiger charge is -2.23. The zero-order chi connectivity index (χ0) is 25.5. The van der Waals surface area contributed by atoms with Crippen molar-refractivity contribution in [1.82, 2.24) is 14.9 Å². The molecule has 0 saturated carbocycles. The fourth-order valence-corrected chi connectivity index (χ4v) is 5.22. The van der Waals surface area contributed by atoms with Crippen LogP contribution in [0.15, 0.2) is 71.7 Å². The average molecular weight is 488 g/mol. The van der Waals surface area contributed by atoms with Gasteiger partial charge in [0, 0.05) is 31.4 Å². The van der Waals surface area contributed by atoms with Crippen LogP contribution in [0.3, 0.4) is 0 Å². The van der Waals surface area contributed by atoms with Gasteiger partial charge in [0.1, 0.15) is 12.1 Å². The minimum atomic E-state index is 0.323. The Morgan fingerprint density at radius 2 is 1.92 bits per heavy atom. The predicted molar refractivity (Wildman–Crippen MR) is 149 cm³/mol. The van der Waals surface area contributed by atoms with Gasteiger partial charge >= 0.3 is 0 Å². The van der Waals surface area contributed by atoms with E-state index in [2.05, 4.69) is 85.2 Å². The summed E-state index contributed by atoms with van der Waals surface area (Å²) in [5.74, 6) is 1.94. The molecule has 0 saturated heterocycles. The average Bonchev–Trinajstić information content (AvgIpc) is 3.35. The molecule has 2 atom stereocenters. The molecule has 1 aromatic heterocycles. The lowest BCUT2D eigenvalue weighted by Crippen LogP contribution is -2.13. The topological polar surface area (TPSA) is 50.4 Å². The summed E-state index contributed by atoms with van der Waals surface area (Å²) in [6, 6.07) is 0. The van der Waals surface area contributed by atoms with E-state index in [1.807, 2.05) is 6.08 Å². The maximum absolute atomic E-state index is 5.21. The summed E-state index contributed by atoms with van der Waals surface area (Å²) in [7, 11) is 5.74. The molecule has 3 aliphatic carbocycles. The molecule has 4 rings (SSSR count). The van der Waals surface area contributed by atoms with Gasteiger partial charge in [0.25, 0.3) is 0 Å². The van der Waals surface area contributed by atoms with Gasteiger partial charge in [-0.05, 0) is 78.9 Å². The van der Waals surface area contributed by atoms with Crippen molar-refractivity contribution in [2.45, 2.75) is 64.7 Å². The second-order valence-electron chi connectivity index (χ2n) is 10.2. The first-order chi connectivity index (χ1) is 17.5. The largest absolute Gasteiger partial charge is 0.381 e. The van der Waals surface area contributed by atoms with E-state index in [1.165, 1.54) is 53.6 Å². The van der Waals surface area contributed by atoms with E-state index in [0.29, 0.717) is 11.8 Å². The highest BCUT2D eigenvalue weighted by Gasteiger charge is 2.25. The molecular formula is C31H41N3O2. The van der Waals surface area contributed by atoms with E-state index < -0.39 is 0 Å². The molecule has 0 amide bonds. The van der Waals surface area contributed by atoms with Crippen LogP contribution >= 0.6 is 0 Å². The van der Waals surface area contributed by atoms with Crippen LogP contribution in [0.5, 0.6) is 0 Å². The number of hydrogen-bond acceptors (Lipinski definition) is 4. The number of nitrogens with zero attached hydrogens (tertiary/aromatic N) is 2. The van der Waals surface area contributed by atoms with E-state index >= 15 is 0 Å². The van der Waals surface area contributed by atoms with Gasteiger partial charge in [-0.1, -0.05) is 56.7 Å². The zero-order valence-electron chi connectivity index (χ0n) is 22.5. The lowest BCUT2D eigenvalue weighted by atomic mass is 9.85. The van der Waals surface area contributed by atoms with E-state index in [0.717, 1.165) is 43.6 Å². The summed E-state index contributed by atoms with van der Waals surface area (Å²) < 4.78 is 0. The fraction of sp³-hybridized carbons (Fsp3) is 0.452. The normalized spacial score (nSPS) is 20.9. The molecule has 0 fully saturated rings. The number of H-pyrrole nitrogens is 1. The highest BCUT2D eigenvalue weighted by Crippen LogP contribution is 2.38. The molecule has 3 aliphatic rings. The molecule has 0 radical (unpaired) electrons. The van der Waals surface area contributed by atoms with E-state index in [-0.39, 0.29) is 0 Å². The smallest absolute Gasteiger partial charge is 0.134 e. The first kappa shape index (κ1) is 26.0. The standard InChI is InChI=1S/C31H41N3O2/c1-6-7-22(2)24-12-14-25(15-13-24)29-30(26-16-18-28(19-17-26)34(3)4)33-31(32-29)27-10-8-23(9-11-27)20-21-36-35-5/h8,10,12-14,16,18,20-22,25H,6-7,9,11,15,17,19H2,1-5H3,(H,32,33)/b21-20+. The molecule has 0 aliphatic heterocycles. The van der Waals surface area contributed by atoms with Crippen LogP contribution in [-0.4, -0.2) is 36.1 Å². The second-order valence-corrected chi connectivity index (χ2v) is 10.2. The molecular weight excluding hydrogens is 446 g/mol. The van der Waals surface area contributed by atoms with Crippen molar-refractivity contribution < 1.29 is 9.78 Å². The van der Waals surface area contributed by atoms with Crippen molar-refractivity contribution in [2.75, 3.05) is 21.2 Å². The first-order valence-corrected chi connectivity index (χ1v) is 13.3. The fourth-order valence-electron chi connectivity index (χ4n) is 5.22. The van der Waals surface area contributed by atoms with Crippen molar-refractivity contribution in [3.05, 3.63) is 88.9 Å². The van der Waals surface area contributed by atoms with E-state index in [4.69, 9.17) is 9.87 Å². The first-order valence-electron chi connectivity index (χ1n) is 13.3. The highest BCUT2D eigenvalue weighted by atomic mass is 17.2. The molecule has 2 unspecified atom stereocenters. The van der Waals surface area contributed by atoms with Crippen LogP contribution in [0.4, 0.5) is 0 Å². The van der Waals surface area contributed by atoms with Gasteiger partial charge in [0.2, 0.25) is 0 Å². The lowest BCUT2D eigenvalue weighted by molar-refractivity contribution is -0.222. The summed E-state index contributed by atoms with van der Waals surface area (Å²) >= 11 is 0. The molecule has 36 heavy (non-hydrogen) atoms. The molecule has 0 spiro atoms. The summed E-state index contributed by atoms with van der Waals surface area (Å²) in [6.45, 7) is 4.61. The maximum atomic E-state index is 5.21. The molecule has 1 N–H and O–H groups in total. The van der Waals surface area contributed by atoms with Crippen LogP contribution in [0, 0.1) is 5.92 Å². The van der Waals surface area contributed by atoms with Crippen LogP contribution < -0.4 is 0 Å². The van der Waals surface area contributed by atoms with Gasteiger partial charge in [-0.15, -0.1) is 0 Å². The Morgan fingerprint density at radius 1 is 1.11 bits per heavy atom. The zero-order valence-corrected chi connectivity index (χ0v) is 22.5. The van der Waals surface area contributed by atoms with Crippen molar-refractivity contribution in [3.8, 4) is 0 Å².